The fraction of sp³-hybridized carbons (Fsp3) is 0.381. The van der Waals surface area contributed by atoms with Crippen LogP contribution in [0.1, 0.15) is 23.2 Å². The standard InChI is InChI=1S/C21H26N6O/c1-16-21(27-13-9-22-14-19(27)25-16)24-8-6-20(28)23-10-12-26-11-7-17-4-2-3-5-18(17)15-26/h2-5,9,13-14,24H,6-8,10-12,15H2,1H3,(H,23,28). The lowest BCUT2D eigenvalue weighted by atomic mass is 10.00. The molecule has 0 spiro atoms. The SMILES string of the molecule is Cc1nc2cnccn2c1NCCC(=O)NCCN1CCc2ccccc2C1. The van der Waals surface area contributed by atoms with Crippen LogP contribution in [0.25, 0.3) is 5.65 Å². The van der Waals surface area contributed by atoms with Gasteiger partial charge in [-0.3, -0.25) is 19.1 Å². The van der Waals surface area contributed by atoms with Crippen molar-refractivity contribution in [1.82, 2.24) is 24.6 Å². The highest BCUT2D eigenvalue weighted by Crippen LogP contribution is 2.18. The molecule has 1 amide bonds. The zero-order chi connectivity index (χ0) is 19.3. The Labute approximate surface area is 164 Å². The molecule has 0 saturated heterocycles. The minimum Gasteiger partial charge on any atom is -0.369 e. The van der Waals surface area contributed by atoms with Gasteiger partial charge in [0.15, 0.2) is 5.65 Å². The molecule has 1 aliphatic heterocycles. The Morgan fingerprint density at radius 1 is 1.21 bits per heavy atom. The van der Waals surface area contributed by atoms with Gasteiger partial charge >= 0.3 is 0 Å². The first-order valence-corrected chi connectivity index (χ1v) is 9.79. The Kier molecular flexibility index (Phi) is 5.53. The van der Waals surface area contributed by atoms with E-state index in [1.54, 1.807) is 12.4 Å². The fourth-order valence-corrected chi connectivity index (χ4v) is 3.72. The summed E-state index contributed by atoms with van der Waals surface area (Å²) in [6, 6.07) is 8.61. The molecule has 0 bridgehead atoms. The quantitative estimate of drug-likeness (QED) is 0.658. The summed E-state index contributed by atoms with van der Waals surface area (Å²) in [5.74, 6) is 0.982. The number of carbonyl (C=O) groups is 1. The maximum absolute atomic E-state index is 12.2. The Morgan fingerprint density at radius 2 is 2.07 bits per heavy atom. The van der Waals surface area contributed by atoms with Crippen molar-refractivity contribution >= 4 is 17.4 Å². The van der Waals surface area contributed by atoms with E-state index in [4.69, 9.17) is 0 Å². The van der Waals surface area contributed by atoms with Gasteiger partial charge in [-0.05, 0) is 24.5 Å². The molecule has 2 aromatic heterocycles. The number of benzene rings is 1. The first-order valence-electron chi connectivity index (χ1n) is 9.79. The topological polar surface area (TPSA) is 74.6 Å². The second-order valence-corrected chi connectivity index (χ2v) is 7.17. The summed E-state index contributed by atoms with van der Waals surface area (Å²) in [5.41, 5.74) is 4.56. The van der Waals surface area contributed by atoms with Gasteiger partial charge in [-0.15, -0.1) is 0 Å². The number of nitrogens with one attached hydrogen (secondary N) is 2. The highest BCUT2D eigenvalue weighted by molar-refractivity contribution is 5.76. The lowest BCUT2D eigenvalue weighted by Crippen LogP contribution is -2.38. The molecule has 28 heavy (non-hydrogen) atoms. The largest absolute Gasteiger partial charge is 0.369 e. The van der Waals surface area contributed by atoms with E-state index in [1.807, 2.05) is 17.5 Å². The Hall–Kier alpha value is -2.93. The lowest BCUT2D eigenvalue weighted by molar-refractivity contribution is -0.120. The van der Waals surface area contributed by atoms with E-state index >= 15 is 0 Å². The zero-order valence-electron chi connectivity index (χ0n) is 16.2. The first kappa shape index (κ1) is 18.4. The number of nitrogens with zero attached hydrogens (tertiary/aromatic N) is 4. The summed E-state index contributed by atoms with van der Waals surface area (Å²) in [7, 11) is 0. The van der Waals surface area contributed by atoms with E-state index < -0.39 is 0 Å². The molecule has 0 unspecified atom stereocenters. The third kappa shape index (κ3) is 4.14. The Balaban J connectivity index is 1.19. The minimum absolute atomic E-state index is 0.0676. The van der Waals surface area contributed by atoms with Gasteiger partial charge in [0.2, 0.25) is 5.91 Å². The van der Waals surface area contributed by atoms with Crippen molar-refractivity contribution in [2.45, 2.75) is 26.3 Å². The summed E-state index contributed by atoms with van der Waals surface area (Å²) in [6.07, 6.45) is 6.84. The van der Waals surface area contributed by atoms with Gasteiger partial charge in [0.05, 0.1) is 11.9 Å². The van der Waals surface area contributed by atoms with E-state index in [0.29, 0.717) is 19.5 Å². The molecule has 4 rings (SSSR count). The summed E-state index contributed by atoms with van der Waals surface area (Å²) in [4.78, 5) is 23.1. The Bertz CT molecular complexity index is 966. The number of anilines is 1. The van der Waals surface area contributed by atoms with Crippen molar-refractivity contribution in [3.05, 3.63) is 59.7 Å². The van der Waals surface area contributed by atoms with Crippen molar-refractivity contribution in [3.63, 3.8) is 0 Å². The fourth-order valence-electron chi connectivity index (χ4n) is 3.72. The average Bonchev–Trinajstić information content (AvgIpc) is 3.03. The normalized spacial score (nSPS) is 14.0. The van der Waals surface area contributed by atoms with Crippen LogP contribution in [-0.4, -0.2) is 51.4 Å². The van der Waals surface area contributed by atoms with Gasteiger partial charge in [0.1, 0.15) is 5.82 Å². The molecule has 0 fully saturated rings. The van der Waals surface area contributed by atoms with Gasteiger partial charge in [-0.2, -0.15) is 0 Å². The maximum atomic E-state index is 12.2. The molecule has 0 saturated carbocycles. The van der Waals surface area contributed by atoms with E-state index in [0.717, 1.165) is 43.2 Å². The van der Waals surface area contributed by atoms with Crippen molar-refractivity contribution in [2.24, 2.45) is 0 Å². The first-order chi connectivity index (χ1) is 13.7. The highest BCUT2D eigenvalue weighted by Gasteiger charge is 2.15. The number of aromatic nitrogens is 3. The van der Waals surface area contributed by atoms with Gasteiger partial charge in [0, 0.05) is 51.5 Å². The summed E-state index contributed by atoms with van der Waals surface area (Å²) in [6.45, 7) is 6.10. The van der Waals surface area contributed by atoms with Crippen LogP contribution in [0.4, 0.5) is 5.82 Å². The van der Waals surface area contributed by atoms with Crippen molar-refractivity contribution in [1.29, 1.82) is 0 Å². The number of hydrogen-bond acceptors (Lipinski definition) is 5. The molecule has 0 aliphatic carbocycles. The third-order valence-corrected chi connectivity index (χ3v) is 5.21. The highest BCUT2D eigenvalue weighted by atomic mass is 16.1. The predicted octanol–water partition coefficient (Wildman–Crippen LogP) is 2.01. The average molecular weight is 378 g/mol. The number of amides is 1. The van der Waals surface area contributed by atoms with Crippen LogP contribution < -0.4 is 10.6 Å². The van der Waals surface area contributed by atoms with Crippen molar-refractivity contribution in [2.75, 3.05) is 31.5 Å². The third-order valence-electron chi connectivity index (χ3n) is 5.21. The monoisotopic (exact) mass is 378 g/mol. The minimum atomic E-state index is 0.0676. The summed E-state index contributed by atoms with van der Waals surface area (Å²) < 4.78 is 1.95. The van der Waals surface area contributed by atoms with Crippen molar-refractivity contribution in [3.8, 4) is 0 Å². The van der Waals surface area contributed by atoms with E-state index in [2.05, 4.69) is 49.8 Å². The Morgan fingerprint density at radius 3 is 2.96 bits per heavy atom. The summed E-state index contributed by atoms with van der Waals surface area (Å²) in [5, 5.41) is 6.35. The number of hydrogen-bond donors (Lipinski definition) is 2. The predicted molar refractivity (Wildman–Crippen MR) is 109 cm³/mol. The zero-order valence-corrected chi connectivity index (χ0v) is 16.2. The molecule has 7 nitrogen and oxygen atoms in total. The van der Waals surface area contributed by atoms with Crippen LogP contribution in [-0.2, 0) is 17.8 Å². The van der Waals surface area contributed by atoms with E-state index in [1.165, 1.54) is 11.1 Å². The van der Waals surface area contributed by atoms with E-state index in [9.17, 15) is 4.79 Å². The molecule has 1 aliphatic rings. The molecule has 3 aromatic rings. The molecule has 2 N–H and O–H groups in total. The molecule has 7 heteroatoms. The lowest BCUT2D eigenvalue weighted by Gasteiger charge is -2.28. The van der Waals surface area contributed by atoms with Gasteiger partial charge in [-0.25, -0.2) is 4.98 Å². The molecule has 0 radical (unpaired) electrons. The van der Waals surface area contributed by atoms with Crippen LogP contribution in [0.5, 0.6) is 0 Å². The molecule has 3 heterocycles. The van der Waals surface area contributed by atoms with Crippen LogP contribution in [0.2, 0.25) is 0 Å². The van der Waals surface area contributed by atoms with Crippen molar-refractivity contribution < 1.29 is 4.79 Å². The number of fused-ring (bicyclic) bond motifs is 2. The number of carbonyl (C=O) groups excluding carboxylic acids is 1. The van der Waals surface area contributed by atoms with Gasteiger partial charge in [0.25, 0.3) is 0 Å². The number of aryl methyl sites for hydroxylation is 1. The molecular formula is C21H26N6O. The smallest absolute Gasteiger partial charge is 0.221 e. The molecular weight excluding hydrogens is 352 g/mol. The molecule has 1 aromatic carbocycles. The van der Waals surface area contributed by atoms with Crippen LogP contribution in [0, 0.1) is 6.92 Å². The number of rotatable bonds is 7. The maximum Gasteiger partial charge on any atom is 0.221 e. The summed E-state index contributed by atoms with van der Waals surface area (Å²) >= 11 is 0. The van der Waals surface area contributed by atoms with Crippen LogP contribution in [0.3, 0.4) is 0 Å². The van der Waals surface area contributed by atoms with Gasteiger partial charge in [-0.1, -0.05) is 24.3 Å². The van der Waals surface area contributed by atoms with Gasteiger partial charge < -0.3 is 10.6 Å². The van der Waals surface area contributed by atoms with E-state index in [-0.39, 0.29) is 5.91 Å². The number of imidazole rings is 1. The second-order valence-electron chi connectivity index (χ2n) is 7.17. The molecule has 0 atom stereocenters. The van der Waals surface area contributed by atoms with Crippen LogP contribution in [0.15, 0.2) is 42.9 Å². The van der Waals surface area contributed by atoms with Crippen LogP contribution >= 0.6 is 0 Å². The molecule has 146 valence electrons. The second kappa shape index (κ2) is 8.39.